The van der Waals surface area contributed by atoms with Crippen LogP contribution in [0.1, 0.15) is 11.6 Å². The normalized spacial score (nSPS) is 17.2. The summed E-state index contributed by atoms with van der Waals surface area (Å²) in [4.78, 5) is 28.2. The minimum atomic E-state index is -0.651. The molecule has 0 aliphatic carbocycles. The number of benzene rings is 1. The molecule has 24 heavy (non-hydrogen) atoms. The fourth-order valence-electron chi connectivity index (χ4n) is 2.48. The molecule has 0 fully saturated rings. The zero-order valence-corrected chi connectivity index (χ0v) is 13.4. The van der Waals surface area contributed by atoms with Crippen molar-refractivity contribution >= 4 is 23.6 Å². The quantitative estimate of drug-likeness (QED) is 0.815. The maximum absolute atomic E-state index is 12.3. The lowest BCUT2D eigenvalue weighted by atomic mass is 9.95. The largest absolute Gasteiger partial charge is 0.466 e. The molecule has 9 heteroatoms. The standard InChI is InChI=1S/C15H14ClN5O3/c1-24-14(22)12-11(6-21-8-17-7-18-21)19-15(23)20-13(12)9-2-4-10(16)5-3-9/h2-5,7-8,13H,6H2,1H3,(H2,19,20,23)/t13-/m1/s1. The first kappa shape index (κ1) is 16.0. The number of hydrogen-bond acceptors (Lipinski definition) is 5. The minimum absolute atomic E-state index is 0.182. The van der Waals surface area contributed by atoms with Crippen LogP contribution in [0.15, 0.2) is 48.2 Å². The molecule has 124 valence electrons. The van der Waals surface area contributed by atoms with Crippen LogP contribution in [0.25, 0.3) is 0 Å². The zero-order chi connectivity index (χ0) is 17.1. The third kappa shape index (κ3) is 3.23. The lowest BCUT2D eigenvalue weighted by Crippen LogP contribution is -2.46. The van der Waals surface area contributed by atoms with Crippen LogP contribution in [0.2, 0.25) is 5.02 Å². The van der Waals surface area contributed by atoms with Gasteiger partial charge in [0.1, 0.15) is 12.7 Å². The maximum atomic E-state index is 12.3. The average Bonchev–Trinajstić information content (AvgIpc) is 3.07. The van der Waals surface area contributed by atoms with Crippen molar-refractivity contribution in [1.82, 2.24) is 25.4 Å². The molecule has 0 saturated carbocycles. The second-order valence-corrected chi connectivity index (χ2v) is 5.50. The maximum Gasteiger partial charge on any atom is 0.338 e. The van der Waals surface area contributed by atoms with E-state index in [-0.39, 0.29) is 6.54 Å². The predicted molar refractivity (Wildman–Crippen MR) is 84.9 cm³/mol. The Balaban J connectivity index is 2.06. The first-order valence-corrected chi connectivity index (χ1v) is 7.43. The molecule has 0 unspecified atom stereocenters. The zero-order valence-electron chi connectivity index (χ0n) is 12.7. The van der Waals surface area contributed by atoms with Gasteiger partial charge >= 0.3 is 12.0 Å². The molecular formula is C15H14ClN5O3. The Hall–Kier alpha value is -2.87. The van der Waals surface area contributed by atoms with Crippen LogP contribution >= 0.6 is 11.6 Å². The van der Waals surface area contributed by atoms with Crippen LogP contribution in [0.4, 0.5) is 4.79 Å². The number of carbonyl (C=O) groups is 2. The van der Waals surface area contributed by atoms with Gasteiger partial charge in [-0.2, -0.15) is 5.10 Å². The Labute approximate surface area is 142 Å². The number of aromatic nitrogens is 3. The molecule has 2 aromatic rings. The van der Waals surface area contributed by atoms with Crippen LogP contribution < -0.4 is 10.6 Å². The summed E-state index contributed by atoms with van der Waals surface area (Å²) in [5.74, 6) is -0.544. The number of urea groups is 1. The van der Waals surface area contributed by atoms with Gasteiger partial charge < -0.3 is 15.4 Å². The van der Waals surface area contributed by atoms with Gasteiger partial charge in [0.15, 0.2) is 0 Å². The number of ether oxygens (including phenoxy) is 1. The first-order valence-electron chi connectivity index (χ1n) is 7.05. The fraction of sp³-hybridized carbons (Fsp3) is 0.200. The number of hydrogen-bond donors (Lipinski definition) is 2. The van der Waals surface area contributed by atoms with Gasteiger partial charge in [0.2, 0.25) is 0 Å². The topological polar surface area (TPSA) is 98.1 Å². The summed E-state index contributed by atoms with van der Waals surface area (Å²) in [6, 6.07) is 5.80. The first-order chi connectivity index (χ1) is 11.6. The summed E-state index contributed by atoms with van der Waals surface area (Å²) in [6.45, 7) is 0.182. The van der Waals surface area contributed by atoms with Gasteiger partial charge in [-0.25, -0.2) is 19.3 Å². The van der Waals surface area contributed by atoms with Crippen molar-refractivity contribution in [2.75, 3.05) is 7.11 Å². The van der Waals surface area contributed by atoms with Crippen LogP contribution in [0.5, 0.6) is 0 Å². The Bertz CT molecular complexity index is 786. The van der Waals surface area contributed by atoms with E-state index in [1.165, 1.54) is 24.4 Å². The SMILES string of the molecule is COC(=O)C1=C(Cn2cncn2)NC(=O)N[C@@H]1c1ccc(Cl)cc1. The number of carbonyl (C=O) groups excluding carboxylic acids is 2. The van der Waals surface area contributed by atoms with Crippen molar-refractivity contribution in [3.8, 4) is 0 Å². The molecule has 0 bridgehead atoms. The molecule has 0 radical (unpaired) electrons. The van der Waals surface area contributed by atoms with Gasteiger partial charge in [-0.05, 0) is 17.7 Å². The van der Waals surface area contributed by atoms with Crippen molar-refractivity contribution in [2.24, 2.45) is 0 Å². The van der Waals surface area contributed by atoms with E-state index >= 15 is 0 Å². The highest BCUT2D eigenvalue weighted by atomic mass is 35.5. The number of amides is 2. The highest BCUT2D eigenvalue weighted by molar-refractivity contribution is 6.30. The summed E-state index contributed by atoms with van der Waals surface area (Å²) in [5, 5.41) is 9.93. The number of halogens is 1. The summed E-state index contributed by atoms with van der Waals surface area (Å²) in [6.07, 6.45) is 2.87. The number of nitrogens with zero attached hydrogens (tertiary/aromatic N) is 3. The summed E-state index contributed by atoms with van der Waals surface area (Å²) in [5.41, 5.74) is 1.41. The van der Waals surface area contributed by atoms with Gasteiger partial charge in [-0.15, -0.1) is 0 Å². The van der Waals surface area contributed by atoms with E-state index in [0.717, 1.165) is 0 Å². The van der Waals surface area contributed by atoms with Crippen LogP contribution in [-0.4, -0.2) is 33.9 Å². The molecule has 1 aliphatic rings. The minimum Gasteiger partial charge on any atom is -0.466 e. The van der Waals surface area contributed by atoms with Gasteiger partial charge in [0.25, 0.3) is 0 Å². The predicted octanol–water partition coefficient (Wildman–Crippen LogP) is 1.41. The van der Waals surface area contributed by atoms with Crippen molar-refractivity contribution in [1.29, 1.82) is 0 Å². The summed E-state index contributed by atoms with van der Waals surface area (Å²) in [7, 11) is 1.29. The van der Waals surface area contributed by atoms with E-state index in [2.05, 4.69) is 20.7 Å². The Kier molecular flexibility index (Phi) is 4.48. The van der Waals surface area contributed by atoms with Crippen LogP contribution in [-0.2, 0) is 16.1 Å². The van der Waals surface area contributed by atoms with E-state index < -0.39 is 18.0 Å². The molecule has 1 atom stereocenters. The number of rotatable bonds is 4. The molecule has 1 aromatic heterocycles. The number of esters is 1. The Morgan fingerprint density at radius 3 is 2.75 bits per heavy atom. The van der Waals surface area contributed by atoms with Crippen LogP contribution in [0.3, 0.4) is 0 Å². The average molecular weight is 348 g/mol. The summed E-state index contributed by atoms with van der Waals surface area (Å²) >= 11 is 5.91. The van der Waals surface area contributed by atoms with Crippen molar-refractivity contribution in [3.05, 3.63) is 58.8 Å². The molecule has 0 spiro atoms. The molecule has 2 heterocycles. The second-order valence-electron chi connectivity index (χ2n) is 5.06. The van der Waals surface area contributed by atoms with Crippen LogP contribution in [0, 0.1) is 0 Å². The summed E-state index contributed by atoms with van der Waals surface area (Å²) < 4.78 is 6.39. The number of allylic oxidation sites excluding steroid dienone is 1. The van der Waals surface area contributed by atoms with E-state index in [9.17, 15) is 9.59 Å². The van der Waals surface area contributed by atoms with Gasteiger partial charge in [0.05, 0.1) is 31.0 Å². The smallest absolute Gasteiger partial charge is 0.338 e. The van der Waals surface area contributed by atoms with E-state index in [1.807, 2.05) is 0 Å². The van der Waals surface area contributed by atoms with Gasteiger partial charge in [0, 0.05) is 5.02 Å². The van der Waals surface area contributed by atoms with Gasteiger partial charge in [-0.3, -0.25) is 0 Å². The fourth-order valence-corrected chi connectivity index (χ4v) is 2.60. The van der Waals surface area contributed by atoms with Crippen molar-refractivity contribution in [2.45, 2.75) is 12.6 Å². The third-order valence-electron chi connectivity index (χ3n) is 3.55. The van der Waals surface area contributed by atoms with Crippen molar-refractivity contribution < 1.29 is 14.3 Å². The molecule has 1 aromatic carbocycles. The second kappa shape index (κ2) is 6.71. The van der Waals surface area contributed by atoms with Crippen molar-refractivity contribution in [3.63, 3.8) is 0 Å². The van der Waals surface area contributed by atoms with E-state index in [0.29, 0.717) is 21.9 Å². The third-order valence-corrected chi connectivity index (χ3v) is 3.80. The molecule has 3 rings (SSSR count). The van der Waals surface area contributed by atoms with Gasteiger partial charge in [-0.1, -0.05) is 23.7 Å². The Morgan fingerprint density at radius 1 is 1.38 bits per heavy atom. The molecule has 1 aliphatic heterocycles. The molecular weight excluding hydrogens is 334 g/mol. The molecule has 2 N–H and O–H groups in total. The highest BCUT2D eigenvalue weighted by Crippen LogP contribution is 2.28. The molecule has 2 amide bonds. The van der Waals surface area contributed by atoms with E-state index in [4.69, 9.17) is 16.3 Å². The monoisotopic (exact) mass is 347 g/mol. The number of methoxy groups -OCH3 is 1. The lowest BCUT2D eigenvalue weighted by Gasteiger charge is -2.29. The highest BCUT2D eigenvalue weighted by Gasteiger charge is 2.33. The molecule has 0 saturated heterocycles. The van der Waals surface area contributed by atoms with E-state index in [1.54, 1.807) is 24.3 Å². The lowest BCUT2D eigenvalue weighted by molar-refractivity contribution is -0.136. The Morgan fingerprint density at radius 2 is 2.12 bits per heavy atom. The molecule has 8 nitrogen and oxygen atoms in total. The number of nitrogens with one attached hydrogen (secondary N) is 2.